The maximum Gasteiger partial charge on any atom is 0.311 e. The van der Waals surface area contributed by atoms with E-state index in [1.54, 1.807) is 26.0 Å². The fraction of sp³-hybridized carbons (Fsp3) is 0.256. The Bertz CT molecular complexity index is 2410. The summed E-state index contributed by atoms with van der Waals surface area (Å²) in [5, 5.41) is 5.02. The van der Waals surface area contributed by atoms with Crippen LogP contribution in [0, 0.1) is 33.1 Å². The minimum absolute atomic E-state index is 0.0651. The molecule has 1 aliphatic heterocycles. The van der Waals surface area contributed by atoms with Crippen molar-refractivity contribution in [1.29, 1.82) is 0 Å². The maximum atomic E-state index is 13.9. The summed E-state index contributed by atoms with van der Waals surface area (Å²) < 4.78 is 42.6. The number of sulfonamides is 1. The first-order valence-corrected chi connectivity index (χ1v) is 19.0. The number of carbonyl (C=O) groups excluding carboxylic acids is 1. The van der Waals surface area contributed by atoms with Crippen molar-refractivity contribution in [3.05, 3.63) is 125 Å². The van der Waals surface area contributed by atoms with Gasteiger partial charge in [-0.25, -0.2) is 18.1 Å². The Hall–Kier alpha value is -5.25. The van der Waals surface area contributed by atoms with Gasteiger partial charge in [0.2, 0.25) is 10.0 Å². The Morgan fingerprint density at radius 1 is 0.808 bits per heavy atom. The van der Waals surface area contributed by atoms with Crippen molar-refractivity contribution in [1.82, 2.24) is 4.72 Å². The molecule has 0 saturated heterocycles. The Balaban J connectivity index is 1.48. The number of para-hydroxylation sites is 2. The highest BCUT2D eigenvalue weighted by molar-refractivity contribution is 7.89. The number of rotatable bonds is 11. The van der Waals surface area contributed by atoms with E-state index in [9.17, 15) is 13.2 Å². The van der Waals surface area contributed by atoms with Crippen molar-refractivity contribution in [2.75, 3.05) is 18.5 Å². The van der Waals surface area contributed by atoms with Gasteiger partial charge in [-0.1, -0.05) is 61.5 Å². The highest BCUT2D eigenvalue weighted by atomic mass is 32.2. The molecule has 0 radical (unpaired) electrons. The summed E-state index contributed by atoms with van der Waals surface area (Å²) in [5.74, 6) is 0.195. The zero-order valence-corrected chi connectivity index (χ0v) is 31.6. The fourth-order valence-electron chi connectivity index (χ4n) is 6.23. The lowest BCUT2D eigenvalue weighted by Crippen LogP contribution is -2.31. The number of carbonyl (C=O) groups is 1. The lowest BCUT2D eigenvalue weighted by Gasteiger charge is -2.21. The van der Waals surface area contributed by atoms with Crippen molar-refractivity contribution >= 4 is 44.0 Å². The van der Waals surface area contributed by atoms with E-state index in [0.29, 0.717) is 34.2 Å². The van der Waals surface area contributed by atoms with Gasteiger partial charge in [0, 0.05) is 52.1 Å². The van der Waals surface area contributed by atoms with Crippen LogP contribution in [0.25, 0.3) is 33.4 Å². The quantitative estimate of drug-likeness (QED) is 0.0786. The van der Waals surface area contributed by atoms with Crippen LogP contribution in [0.2, 0.25) is 0 Å². The Morgan fingerprint density at radius 2 is 1.48 bits per heavy atom. The molecular formula is C43H45N3O5S. The molecule has 0 spiro atoms. The molecule has 4 aromatic rings. The summed E-state index contributed by atoms with van der Waals surface area (Å²) in [4.78, 5) is 17.6. The van der Waals surface area contributed by atoms with Gasteiger partial charge in [0.1, 0.15) is 18.0 Å². The van der Waals surface area contributed by atoms with Gasteiger partial charge in [0.15, 0.2) is 0 Å². The molecule has 0 fully saturated rings. The summed E-state index contributed by atoms with van der Waals surface area (Å²) in [6, 6.07) is 30.8. The third kappa shape index (κ3) is 7.52. The first-order chi connectivity index (χ1) is 24.8. The minimum atomic E-state index is -4.03. The van der Waals surface area contributed by atoms with Gasteiger partial charge < -0.3 is 14.5 Å². The van der Waals surface area contributed by atoms with Crippen LogP contribution in [0.3, 0.4) is 0 Å². The Labute approximate surface area is 306 Å². The largest absolute Gasteiger partial charge is 0.464 e. The number of nitrogens with zero attached hydrogens (tertiary/aromatic N) is 1. The van der Waals surface area contributed by atoms with Crippen LogP contribution in [-0.2, 0) is 19.6 Å². The van der Waals surface area contributed by atoms with Crippen LogP contribution in [0.15, 0.2) is 111 Å². The second kappa shape index (κ2) is 14.8. The molecule has 0 amide bonds. The number of hydrogen-bond donors (Lipinski definition) is 2. The van der Waals surface area contributed by atoms with Crippen molar-refractivity contribution in [3.8, 4) is 22.5 Å². The van der Waals surface area contributed by atoms with E-state index in [0.717, 1.165) is 50.3 Å². The molecule has 1 heterocycles. The van der Waals surface area contributed by atoms with Crippen LogP contribution in [0.1, 0.15) is 49.4 Å². The molecule has 0 saturated carbocycles. The number of benzene rings is 5. The van der Waals surface area contributed by atoms with Crippen LogP contribution in [-0.4, -0.2) is 27.5 Å². The molecule has 9 heteroatoms. The zero-order chi connectivity index (χ0) is 37.2. The summed E-state index contributed by atoms with van der Waals surface area (Å²) >= 11 is 0. The van der Waals surface area contributed by atoms with Gasteiger partial charge in [-0.15, -0.1) is 0 Å². The van der Waals surface area contributed by atoms with E-state index in [4.69, 9.17) is 14.1 Å². The number of hydrogen-bond acceptors (Lipinski definition) is 7. The van der Waals surface area contributed by atoms with Gasteiger partial charge in [0.05, 0.1) is 21.4 Å². The highest BCUT2D eigenvalue weighted by Crippen LogP contribution is 2.43. The molecule has 2 aliphatic rings. The van der Waals surface area contributed by atoms with Crippen molar-refractivity contribution < 1.29 is 22.4 Å². The predicted octanol–water partition coefficient (Wildman–Crippen LogP) is 9.67. The third-order valence-electron chi connectivity index (χ3n) is 9.65. The predicted molar refractivity (Wildman–Crippen MR) is 209 cm³/mol. The van der Waals surface area contributed by atoms with E-state index < -0.39 is 15.4 Å². The minimum Gasteiger partial charge on any atom is -0.464 e. The molecule has 0 unspecified atom stereocenters. The number of fused-ring (bicyclic) bond motifs is 2. The van der Waals surface area contributed by atoms with E-state index in [1.165, 1.54) is 0 Å². The number of esters is 1. The average molecular weight is 716 g/mol. The van der Waals surface area contributed by atoms with Gasteiger partial charge in [-0.2, -0.15) is 0 Å². The van der Waals surface area contributed by atoms with E-state index >= 15 is 0 Å². The first-order valence-electron chi connectivity index (χ1n) is 17.5. The van der Waals surface area contributed by atoms with Crippen molar-refractivity contribution in [2.24, 2.45) is 10.4 Å². The van der Waals surface area contributed by atoms with Crippen LogP contribution >= 0.6 is 0 Å². The maximum absolute atomic E-state index is 13.9. The van der Waals surface area contributed by atoms with Gasteiger partial charge in [-0.05, 0) is 101 Å². The van der Waals surface area contributed by atoms with E-state index in [-0.39, 0.29) is 24.0 Å². The second-order valence-electron chi connectivity index (χ2n) is 13.9. The zero-order valence-electron chi connectivity index (χ0n) is 30.8. The monoisotopic (exact) mass is 715 g/mol. The summed E-state index contributed by atoms with van der Waals surface area (Å²) in [6.07, 6.45) is 0.612. The lowest BCUT2D eigenvalue weighted by molar-refractivity contribution is -0.153. The van der Waals surface area contributed by atoms with Crippen molar-refractivity contribution in [2.45, 2.75) is 59.8 Å². The molecule has 6 rings (SSSR count). The summed E-state index contributed by atoms with van der Waals surface area (Å²) in [7, 11) is -4.03. The second-order valence-corrected chi connectivity index (χ2v) is 15.6. The van der Waals surface area contributed by atoms with Gasteiger partial charge >= 0.3 is 5.97 Å². The van der Waals surface area contributed by atoms with Gasteiger partial charge in [-0.3, -0.25) is 4.79 Å². The summed E-state index contributed by atoms with van der Waals surface area (Å²) in [5.41, 5.74) is 9.00. The Morgan fingerprint density at radius 3 is 2.17 bits per heavy atom. The number of ether oxygens (including phenoxy) is 1. The number of aryl methyl sites for hydroxylation is 4. The molecule has 0 bridgehead atoms. The molecule has 268 valence electrons. The Kier molecular flexibility index (Phi) is 10.4. The third-order valence-corrected chi connectivity index (χ3v) is 11.2. The van der Waals surface area contributed by atoms with Crippen LogP contribution in [0.5, 0.6) is 0 Å². The van der Waals surface area contributed by atoms with Crippen LogP contribution in [0.4, 0.5) is 17.1 Å². The molecule has 0 aromatic heterocycles. The van der Waals surface area contributed by atoms with E-state index in [2.05, 4.69) is 36.0 Å². The van der Waals surface area contributed by atoms with E-state index in [1.807, 2.05) is 93.6 Å². The average Bonchev–Trinajstić information content (AvgIpc) is 3.12. The molecule has 1 aliphatic carbocycles. The highest BCUT2D eigenvalue weighted by Gasteiger charge is 2.28. The van der Waals surface area contributed by atoms with Crippen LogP contribution < -0.4 is 15.4 Å². The lowest BCUT2D eigenvalue weighted by atomic mass is 9.91. The fourth-order valence-corrected chi connectivity index (χ4v) is 7.45. The summed E-state index contributed by atoms with van der Waals surface area (Å²) in [6.45, 7) is 13.6. The van der Waals surface area contributed by atoms with Crippen molar-refractivity contribution in [3.63, 3.8) is 0 Å². The molecule has 52 heavy (non-hydrogen) atoms. The molecule has 8 nitrogen and oxygen atoms in total. The molecular weight excluding hydrogens is 671 g/mol. The standard InChI is InChI=1S/C43H45N3O5S/c1-8-43(6,7)42(47)50-24-23-44-52(48,49)38-18-10-9-17-35(38)39-33-21-19-31(45-40-27(2)13-11-14-28(40)3)25-36(33)51-37-26-32(20-22-34(37)39)46-41-29(4)15-12-16-30(41)5/h9-22,25-26,44-45H,8,23-24H2,1-7H3. The normalized spacial score (nSPS) is 12.4. The molecule has 0 atom stereocenters. The topological polar surface area (TPSA) is 110 Å². The van der Waals surface area contributed by atoms with Gasteiger partial charge in [0.25, 0.3) is 0 Å². The molecule has 4 aromatic carbocycles. The first kappa shape index (κ1) is 36.5. The number of anilines is 2. The SMILES string of the molecule is CCC(C)(C)C(=O)OCCNS(=O)(=O)c1ccccc1-c1c2ccc(=Nc3c(C)cccc3C)cc-2oc2cc(Nc3c(C)cccc3C)ccc12. The number of nitrogens with one attached hydrogen (secondary N) is 2. The smallest absolute Gasteiger partial charge is 0.311 e. The molecule has 2 N–H and O–H groups in total.